The lowest BCUT2D eigenvalue weighted by Gasteiger charge is -2.18. The molecule has 2 rings (SSSR count). The molecule has 2 aromatic rings. The Kier molecular flexibility index (Phi) is 4.20. The van der Waals surface area contributed by atoms with Crippen molar-refractivity contribution in [3.8, 4) is 0 Å². The van der Waals surface area contributed by atoms with E-state index in [0.29, 0.717) is 5.56 Å². The third-order valence-electron chi connectivity index (χ3n) is 2.86. The van der Waals surface area contributed by atoms with Crippen LogP contribution in [0.2, 0.25) is 5.02 Å². The molecule has 0 aliphatic rings. The summed E-state index contributed by atoms with van der Waals surface area (Å²) < 4.78 is 13.4. The molecule has 2 unspecified atom stereocenters. The summed E-state index contributed by atoms with van der Waals surface area (Å²) in [5, 5.41) is -0.236. The molecule has 4 heteroatoms. The van der Waals surface area contributed by atoms with Gasteiger partial charge in [0.2, 0.25) is 0 Å². The van der Waals surface area contributed by atoms with E-state index in [0.717, 1.165) is 5.69 Å². The predicted molar refractivity (Wildman–Crippen MR) is 72.7 cm³/mol. The first kappa shape index (κ1) is 13.3. The topological polar surface area (TPSA) is 12.9 Å². The molecule has 2 atom stereocenters. The molecule has 0 N–H and O–H groups in total. The van der Waals surface area contributed by atoms with Crippen molar-refractivity contribution in [3.05, 3.63) is 64.7 Å². The molecule has 0 bridgehead atoms. The van der Waals surface area contributed by atoms with E-state index in [4.69, 9.17) is 23.2 Å². The van der Waals surface area contributed by atoms with E-state index in [1.165, 1.54) is 12.1 Å². The van der Waals surface area contributed by atoms with Crippen molar-refractivity contribution in [2.75, 3.05) is 0 Å². The standard InChI is InChI=1S/C14H12Cl2FN/c1-9(13-4-2-3-7-18-13)14(16)10-5-6-11(15)12(17)8-10/h2-9,14H,1H3. The lowest BCUT2D eigenvalue weighted by Crippen LogP contribution is -2.04. The fourth-order valence-corrected chi connectivity index (χ4v) is 2.15. The first-order valence-electron chi connectivity index (χ1n) is 5.59. The van der Waals surface area contributed by atoms with Gasteiger partial charge in [-0.2, -0.15) is 0 Å². The van der Waals surface area contributed by atoms with Crippen molar-refractivity contribution >= 4 is 23.2 Å². The van der Waals surface area contributed by atoms with Crippen LogP contribution in [0.3, 0.4) is 0 Å². The van der Waals surface area contributed by atoms with Gasteiger partial charge < -0.3 is 0 Å². The first-order chi connectivity index (χ1) is 8.59. The van der Waals surface area contributed by atoms with Crippen LogP contribution in [-0.2, 0) is 0 Å². The van der Waals surface area contributed by atoms with Crippen LogP contribution in [0.15, 0.2) is 42.6 Å². The lowest BCUT2D eigenvalue weighted by atomic mass is 9.97. The van der Waals surface area contributed by atoms with Crippen molar-refractivity contribution in [3.63, 3.8) is 0 Å². The second kappa shape index (κ2) is 5.68. The number of hydrogen-bond acceptors (Lipinski definition) is 1. The maximum absolute atomic E-state index is 13.4. The lowest BCUT2D eigenvalue weighted by molar-refractivity contribution is 0.621. The molecule has 18 heavy (non-hydrogen) atoms. The summed E-state index contributed by atoms with van der Waals surface area (Å²) in [6.45, 7) is 1.96. The number of benzene rings is 1. The van der Waals surface area contributed by atoms with Crippen LogP contribution in [0.1, 0.15) is 29.5 Å². The highest BCUT2D eigenvalue weighted by atomic mass is 35.5. The molecule has 0 radical (unpaired) electrons. The minimum Gasteiger partial charge on any atom is -0.261 e. The average molecular weight is 284 g/mol. The second-order valence-electron chi connectivity index (χ2n) is 4.12. The average Bonchev–Trinajstić information content (AvgIpc) is 2.41. The number of rotatable bonds is 3. The number of alkyl halides is 1. The molecule has 0 aliphatic heterocycles. The Morgan fingerprint density at radius 1 is 1.22 bits per heavy atom. The van der Waals surface area contributed by atoms with Crippen LogP contribution in [-0.4, -0.2) is 4.98 Å². The zero-order valence-electron chi connectivity index (χ0n) is 9.78. The minimum atomic E-state index is -0.451. The van der Waals surface area contributed by atoms with Crippen molar-refractivity contribution in [2.24, 2.45) is 0 Å². The van der Waals surface area contributed by atoms with E-state index in [9.17, 15) is 4.39 Å². The molecular weight excluding hydrogens is 272 g/mol. The fraction of sp³-hybridized carbons (Fsp3) is 0.214. The van der Waals surface area contributed by atoms with Gasteiger partial charge in [-0.05, 0) is 29.8 Å². The van der Waals surface area contributed by atoms with Crippen molar-refractivity contribution in [1.82, 2.24) is 4.98 Å². The van der Waals surface area contributed by atoms with E-state index in [-0.39, 0.29) is 16.3 Å². The normalized spacial score (nSPS) is 14.2. The zero-order valence-corrected chi connectivity index (χ0v) is 11.3. The second-order valence-corrected chi connectivity index (χ2v) is 5.00. The van der Waals surface area contributed by atoms with E-state index in [1.54, 1.807) is 12.3 Å². The van der Waals surface area contributed by atoms with Gasteiger partial charge in [0.15, 0.2) is 0 Å². The third-order valence-corrected chi connectivity index (χ3v) is 3.79. The van der Waals surface area contributed by atoms with Gasteiger partial charge in [-0.1, -0.05) is 30.7 Å². The molecule has 0 amide bonds. The van der Waals surface area contributed by atoms with Crippen LogP contribution in [0.5, 0.6) is 0 Å². The Morgan fingerprint density at radius 2 is 2.00 bits per heavy atom. The summed E-state index contributed by atoms with van der Waals surface area (Å²) in [7, 11) is 0. The van der Waals surface area contributed by atoms with E-state index < -0.39 is 5.82 Å². The van der Waals surface area contributed by atoms with Gasteiger partial charge in [-0.3, -0.25) is 4.98 Å². The highest BCUT2D eigenvalue weighted by Crippen LogP contribution is 2.36. The Bertz CT molecular complexity index is 531. The molecule has 1 aromatic carbocycles. The Balaban J connectivity index is 2.25. The fourth-order valence-electron chi connectivity index (χ4n) is 1.77. The van der Waals surface area contributed by atoms with Gasteiger partial charge in [0.1, 0.15) is 5.82 Å². The molecule has 94 valence electrons. The SMILES string of the molecule is CC(c1ccccn1)C(Cl)c1ccc(Cl)c(F)c1. The van der Waals surface area contributed by atoms with Gasteiger partial charge >= 0.3 is 0 Å². The molecular formula is C14H12Cl2FN. The molecule has 0 fully saturated rings. The highest BCUT2D eigenvalue weighted by Gasteiger charge is 2.20. The predicted octanol–water partition coefficient (Wildman–Crippen LogP) is 4.96. The molecule has 0 saturated carbocycles. The summed E-state index contributed by atoms with van der Waals surface area (Å²) in [6.07, 6.45) is 1.72. The molecule has 1 nitrogen and oxygen atoms in total. The maximum atomic E-state index is 13.4. The van der Waals surface area contributed by atoms with Crippen LogP contribution in [0, 0.1) is 5.82 Å². The van der Waals surface area contributed by atoms with Gasteiger partial charge in [0, 0.05) is 17.8 Å². The number of halogens is 3. The van der Waals surface area contributed by atoms with Crippen LogP contribution >= 0.6 is 23.2 Å². The third kappa shape index (κ3) is 2.82. The summed E-state index contributed by atoms with van der Waals surface area (Å²) in [4.78, 5) is 4.26. The Morgan fingerprint density at radius 3 is 2.61 bits per heavy atom. The first-order valence-corrected chi connectivity index (χ1v) is 6.41. The monoisotopic (exact) mass is 283 g/mol. The smallest absolute Gasteiger partial charge is 0.142 e. The number of aromatic nitrogens is 1. The zero-order chi connectivity index (χ0) is 13.1. The number of nitrogens with zero attached hydrogens (tertiary/aromatic N) is 1. The molecule has 0 spiro atoms. The summed E-state index contributed by atoms with van der Waals surface area (Å²) >= 11 is 12.0. The van der Waals surface area contributed by atoms with E-state index in [2.05, 4.69) is 4.98 Å². The Hall–Kier alpha value is -1.12. The minimum absolute atomic E-state index is 0.00607. The summed E-state index contributed by atoms with van der Waals surface area (Å²) in [5.74, 6) is -0.457. The van der Waals surface area contributed by atoms with Crippen LogP contribution in [0.25, 0.3) is 0 Å². The molecule has 0 saturated heterocycles. The van der Waals surface area contributed by atoms with Gasteiger partial charge in [-0.25, -0.2) is 4.39 Å². The number of pyridine rings is 1. The van der Waals surface area contributed by atoms with Crippen molar-refractivity contribution in [2.45, 2.75) is 18.2 Å². The summed E-state index contributed by atoms with van der Waals surface area (Å²) in [5.41, 5.74) is 1.59. The highest BCUT2D eigenvalue weighted by molar-refractivity contribution is 6.30. The van der Waals surface area contributed by atoms with E-state index in [1.807, 2.05) is 25.1 Å². The van der Waals surface area contributed by atoms with Crippen molar-refractivity contribution < 1.29 is 4.39 Å². The molecule has 1 heterocycles. The largest absolute Gasteiger partial charge is 0.261 e. The van der Waals surface area contributed by atoms with Gasteiger partial charge in [-0.15, -0.1) is 11.6 Å². The van der Waals surface area contributed by atoms with E-state index >= 15 is 0 Å². The van der Waals surface area contributed by atoms with Gasteiger partial charge in [0.25, 0.3) is 0 Å². The molecule has 1 aromatic heterocycles. The Labute approximate surface area is 116 Å². The van der Waals surface area contributed by atoms with Crippen molar-refractivity contribution in [1.29, 1.82) is 0 Å². The van der Waals surface area contributed by atoms with Crippen LogP contribution < -0.4 is 0 Å². The van der Waals surface area contributed by atoms with Gasteiger partial charge in [0.05, 0.1) is 10.4 Å². The maximum Gasteiger partial charge on any atom is 0.142 e. The molecule has 0 aliphatic carbocycles. The van der Waals surface area contributed by atoms with Crippen LogP contribution in [0.4, 0.5) is 4.39 Å². The number of hydrogen-bond donors (Lipinski definition) is 0. The quantitative estimate of drug-likeness (QED) is 0.726. The summed E-state index contributed by atoms with van der Waals surface area (Å²) in [6, 6.07) is 10.3.